The summed E-state index contributed by atoms with van der Waals surface area (Å²) in [5.41, 5.74) is -2.29. The fourth-order valence-electron chi connectivity index (χ4n) is 5.01. The molecule has 0 aliphatic carbocycles. The van der Waals surface area contributed by atoms with Crippen LogP contribution in [0.15, 0.2) is 59.5 Å². The van der Waals surface area contributed by atoms with Gasteiger partial charge in [0.15, 0.2) is 11.4 Å². The lowest BCUT2D eigenvalue weighted by Gasteiger charge is -2.39. The molecule has 3 aromatic rings. The van der Waals surface area contributed by atoms with Crippen molar-refractivity contribution in [2.75, 3.05) is 13.1 Å². The van der Waals surface area contributed by atoms with Crippen molar-refractivity contribution < 1.29 is 27.5 Å². The summed E-state index contributed by atoms with van der Waals surface area (Å²) in [5, 5.41) is 2.46. The molecule has 38 heavy (non-hydrogen) atoms. The molecule has 0 radical (unpaired) electrons. The number of ether oxygens (including phenoxy) is 1. The first-order valence-electron chi connectivity index (χ1n) is 12.3. The van der Waals surface area contributed by atoms with Crippen molar-refractivity contribution in [2.45, 2.75) is 44.6 Å². The molecule has 2 amide bonds. The molecule has 5 rings (SSSR count). The third-order valence-electron chi connectivity index (χ3n) is 7.12. The van der Waals surface area contributed by atoms with Gasteiger partial charge in [-0.15, -0.1) is 0 Å². The highest BCUT2D eigenvalue weighted by atomic mass is 19.1. The Labute approximate surface area is 216 Å². The van der Waals surface area contributed by atoms with Gasteiger partial charge < -0.3 is 19.5 Å². The first kappa shape index (κ1) is 25.6. The van der Waals surface area contributed by atoms with Crippen molar-refractivity contribution in [3.63, 3.8) is 0 Å². The third-order valence-corrected chi connectivity index (χ3v) is 7.12. The zero-order valence-corrected chi connectivity index (χ0v) is 20.7. The van der Waals surface area contributed by atoms with Gasteiger partial charge in [-0.05, 0) is 31.4 Å². The van der Waals surface area contributed by atoms with E-state index in [0.717, 1.165) is 11.6 Å². The molecule has 1 fully saturated rings. The molecule has 3 heterocycles. The summed E-state index contributed by atoms with van der Waals surface area (Å²) >= 11 is 0. The molecule has 0 spiro atoms. The Morgan fingerprint density at radius 2 is 1.92 bits per heavy atom. The van der Waals surface area contributed by atoms with Crippen LogP contribution in [0.2, 0.25) is 0 Å². The number of rotatable bonds is 6. The number of nitrogens with zero attached hydrogens (tertiary/aromatic N) is 2. The SMILES string of the molecule is CC1(F)CCCN2CC1n1cc(C(=O)NCc3ccc(F)cc3F)c(=O)c(OCc3ccccc3)c1C2=O. The average Bonchev–Trinajstić information content (AvgIpc) is 3.02. The first-order valence-corrected chi connectivity index (χ1v) is 12.3. The zero-order chi connectivity index (χ0) is 27.0. The van der Waals surface area contributed by atoms with Crippen molar-refractivity contribution in [3.05, 3.63) is 99.0 Å². The third kappa shape index (κ3) is 4.78. The maximum Gasteiger partial charge on any atom is 0.274 e. The number of aromatic nitrogens is 1. The van der Waals surface area contributed by atoms with Gasteiger partial charge in [-0.3, -0.25) is 14.4 Å². The number of hydrogen-bond donors (Lipinski definition) is 1. The van der Waals surface area contributed by atoms with Crippen LogP contribution >= 0.6 is 0 Å². The fourth-order valence-corrected chi connectivity index (χ4v) is 5.01. The summed E-state index contributed by atoms with van der Waals surface area (Å²) in [6, 6.07) is 11.0. The molecule has 2 bridgehead atoms. The Kier molecular flexibility index (Phi) is 6.73. The number of halogens is 3. The van der Waals surface area contributed by atoms with E-state index in [4.69, 9.17) is 4.74 Å². The lowest BCUT2D eigenvalue weighted by Crippen LogP contribution is -2.49. The average molecular weight is 526 g/mol. The van der Waals surface area contributed by atoms with Crippen LogP contribution in [-0.4, -0.2) is 40.0 Å². The minimum atomic E-state index is -1.72. The normalized spacial score (nSPS) is 20.5. The summed E-state index contributed by atoms with van der Waals surface area (Å²) in [5.74, 6) is -3.28. The maximum absolute atomic E-state index is 15.8. The van der Waals surface area contributed by atoms with Gasteiger partial charge in [0.05, 0.1) is 6.04 Å². The molecule has 2 aliphatic rings. The monoisotopic (exact) mass is 525 g/mol. The van der Waals surface area contributed by atoms with Crippen LogP contribution in [0.3, 0.4) is 0 Å². The molecule has 0 saturated carbocycles. The van der Waals surface area contributed by atoms with Gasteiger partial charge >= 0.3 is 0 Å². The summed E-state index contributed by atoms with van der Waals surface area (Å²) < 4.78 is 50.4. The van der Waals surface area contributed by atoms with Crippen LogP contribution in [0, 0.1) is 11.6 Å². The molecule has 2 atom stereocenters. The van der Waals surface area contributed by atoms with Crippen LogP contribution in [-0.2, 0) is 13.2 Å². The van der Waals surface area contributed by atoms with Crippen LogP contribution in [0.25, 0.3) is 0 Å². The quantitative estimate of drug-likeness (QED) is 0.524. The molecule has 7 nitrogen and oxygen atoms in total. The Morgan fingerprint density at radius 3 is 2.66 bits per heavy atom. The summed E-state index contributed by atoms with van der Waals surface area (Å²) in [6.45, 7) is 1.50. The second-order valence-electron chi connectivity index (χ2n) is 9.80. The van der Waals surface area contributed by atoms with E-state index in [1.807, 2.05) is 6.07 Å². The van der Waals surface area contributed by atoms with Crippen molar-refractivity contribution in [1.82, 2.24) is 14.8 Å². The molecule has 1 aromatic heterocycles. The predicted octanol–water partition coefficient (Wildman–Crippen LogP) is 4.15. The molecule has 1 N–H and O–H groups in total. The number of benzene rings is 2. The topological polar surface area (TPSA) is 80.6 Å². The number of fused-ring (bicyclic) bond motifs is 4. The summed E-state index contributed by atoms with van der Waals surface area (Å²) in [6.07, 6.45) is 1.83. The second kappa shape index (κ2) is 10.00. The number of alkyl halides is 1. The van der Waals surface area contributed by atoms with Gasteiger partial charge in [0.2, 0.25) is 5.43 Å². The molecule has 2 aliphatic heterocycles. The largest absolute Gasteiger partial charge is 0.483 e. The molecule has 198 valence electrons. The highest BCUT2D eigenvalue weighted by molar-refractivity contribution is 5.99. The zero-order valence-electron chi connectivity index (χ0n) is 20.7. The lowest BCUT2D eigenvalue weighted by atomic mass is 9.92. The Bertz CT molecular complexity index is 1460. The van der Waals surface area contributed by atoms with Crippen molar-refractivity contribution in [1.29, 1.82) is 0 Å². The minimum Gasteiger partial charge on any atom is -0.483 e. The Morgan fingerprint density at radius 1 is 1.16 bits per heavy atom. The Hall–Kier alpha value is -4.08. The van der Waals surface area contributed by atoms with Gasteiger partial charge in [0.25, 0.3) is 11.8 Å². The van der Waals surface area contributed by atoms with Crippen LogP contribution in [0.4, 0.5) is 13.2 Å². The van der Waals surface area contributed by atoms with Crippen LogP contribution in [0.5, 0.6) is 5.75 Å². The highest BCUT2D eigenvalue weighted by Gasteiger charge is 2.46. The number of nitrogens with one attached hydrogen (secondary N) is 1. The number of hydrogen-bond acceptors (Lipinski definition) is 4. The van der Waals surface area contributed by atoms with E-state index in [0.29, 0.717) is 19.0 Å². The number of pyridine rings is 1. The number of amides is 2. The second-order valence-corrected chi connectivity index (χ2v) is 9.80. The first-order chi connectivity index (χ1) is 18.2. The van der Waals surface area contributed by atoms with E-state index in [1.54, 1.807) is 24.3 Å². The minimum absolute atomic E-state index is 0.0179. The standard InChI is InChI=1S/C28H26F3N3O4/c1-28(31)10-5-11-33-15-22(28)34-14-20(26(36)32-13-18-8-9-19(29)12-21(18)30)24(35)25(23(34)27(33)37)38-16-17-6-3-2-4-7-17/h2-4,6-9,12,14,22H,5,10-11,13,15-16H2,1H3,(H,32,36). The van der Waals surface area contributed by atoms with Gasteiger partial charge in [-0.2, -0.15) is 0 Å². The molecule has 1 saturated heterocycles. The van der Waals surface area contributed by atoms with E-state index in [-0.39, 0.29) is 48.7 Å². The van der Waals surface area contributed by atoms with E-state index in [1.165, 1.54) is 28.7 Å². The van der Waals surface area contributed by atoms with Gasteiger partial charge in [-0.25, -0.2) is 13.2 Å². The molecule has 2 aromatic carbocycles. The van der Waals surface area contributed by atoms with Gasteiger partial charge in [0, 0.05) is 37.5 Å². The van der Waals surface area contributed by atoms with Gasteiger partial charge in [0.1, 0.15) is 29.5 Å². The molecular weight excluding hydrogens is 499 g/mol. The molecule has 2 unspecified atom stereocenters. The van der Waals surface area contributed by atoms with E-state index in [2.05, 4.69) is 5.32 Å². The molecular formula is C28H26F3N3O4. The van der Waals surface area contributed by atoms with Crippen molar-refractivity contribution in [2.24, 2.45) is 0 Å². The number of carbonyl (C=O) groups excluding carboxylic acids is 2. The predicted molar refractivity (Wildman–Crippen MR) is 133 cm³/mol. The summed E-state index contributed by atoms with van der Waals surface area (Å²) in [4.78, 5) is 41.6. The summed E-state index contributed by atoms with van der Waals surface area (Å²) in [7, 11) is 0. The molecule has 10 heteroatoms. The van der Waals surface area contributed by atoms with Gasteiger partial charge in [-0.1, -0.05) is 36.4 Å². The van der Waals surface area contributed by atoms with Crippen LogP contribution < -0.4 is 15.5 Å². The van der Waals surface area contributed by atoms with Crippen LogP contribution in [0.1, 0.15) is 57.8 Å². The maximum atomic E-state index is 15.8. The smallest absolute Gasteiger partial charge is 0.274 e. The van der Waals surface area contributed by atoms with E-state index < -0.39 is 40.6 Å². The van der Waals surface area contributed by atoms with Crippen molar-refractivity contribution >= 4 is 11.8 Å². The fraction of sp³-hybridized carbons (Fsp3) is 0.321. The van der Waals surface area contributed by atoms with E-state index >= 15 is 4.39 Å². The van der Waals surface area contributed by atoms with E-state index in [9.17, 15) is 23.2 Å². The lowest BCUT2D eigenvalue weighted by molar-refractivity contribution is 0.0516. The highest BCUT2D eigenvalue weighted by Crippen LogP contribution is 2.40. The number of carbonyl (C=O) groups is 2. The van der Waals surface area contributed by atoms with Crippen molar-refractivity contribution in [3.8, 4) is 5.75 Å². The Balaban J connectivity index is 1.57.